The van der Waals surface area contributed by atoms with Crippen LogP contribution in [0.4, 0.5) is 10.5 Å². The van der Waals surface area contributed by atoms with E-state index in [0.717, 1.165) is 10.5 Å². The summed E-state index contributed by atoms with van der Waals surface area (Å²) >= 11 is 0. The molecule has 0 aliphatic carbocycles. The van der Waals surface area contributed by atoms with Gasteiger partial charge in [0.25, 0.3) is 5.91 Å². The maximum Gasteiger partial charge on any atom is 0.408 e. The van der Waals surface area contributed by atoms with Crippen LogP contribution in [0.1, 0.15) is 63.8 Å². The molecule has 0 aliphatic heterocycles. The summed E-state index contributed by atoms with van der Waals surface area (Å²) in [7, 11) is 0. The number of hydrogen-bond acceptors (Lipinski definition) is 5. The van der Waals surface area contributed by atoms with E-state index in [1.807, 2.05) is 39.0 Å². The number of terminal acetylenes is 1. The molecule has 3 unspecified atom stereocenters. The molecule has 0 saturated carbocycles. The van der Waals surface area contributed by atoms with Gasteiger partial charge < -0.3 is 20.3 Å². The van der Waals surface area contributed by atoms with Crippen molar-refractivity contribution in [3.63, 3.8) is 0 Å². The lowest BCUT2D eigenvalue weighted by Crippen LogP contribution is -2.55. The van der Waals surface area contributed by atoms with Crippen molar-refractivity contribution >= 4 is 23.6 Å². The molecule has 2 N–H and O–H groups in total. The Bertz CT molecular complexity index is 1240. The Morgan fingerprint density at radius 3 is 2.32 bits per heavy atom. The number of ether oxygens (including phenoxy) is 1. The zero-order valence-electron chi connectivity index (χ0n) is 22.9. The summed E-state index contributed by atoms with van der Waals surface area (Å²) in [4.78, 5) is 41.7. The van der Waals surface area contributed by atoms with Gasteiger partial charge in [-0.1, -0.05) is 62.6 Å². The number of benzene rings is 2. The highest BCUT2D eigenvalue weighted by atomic mass is 16.6. The molecule has 0 fully saturated rings. The normalized spacial score (nSPS) is 13.2. The quantitative estimate of drug-likeness (QED) is 0.362. The van der Waals surface area contributed by atoms with Crippen LogP contribution in [0.3, 0.4) is 0 Å². The molecule has 0 aliphatic rings. The fraction of sp³-hybridized carbons (Fsp3) is 0.400. The Kier molecular flexibility index (Phi) is 10.5. The summed E-state index contributed by atoms with van der Waals surface area (Å²) in [6, 6.07) is 13.7. The van der Waals surface area contributed by atoms with E-state index in [1.165, 1.54) is 0 Å². The van der Waals surface area contributed by atoms with Crippen LogP contribution in [0.15, 0.2) is 48.5 Å². The number of amides is 3. The van der Waals surface area contributed by atoms with E-state index in [1.54, 1.807) is 57.2 Å². The number of nitrogens with zero attached hydrogens (tertiary/aromatic N) is 2. The minimum atomic E-state index is -1.24. The molecule has 0 spiro atoms. The zero-order chi connectivity index (χ0) is 28.5. The van der Waals surface area contributed by atoms with Gasteiger partial charge in [0.2, 0.25) is 5.91 Å². The summed E-state index contributed by atoms with van der Waals surface area (Å²) in [5.41, 5.74) is 1.42. The molecule has 2 aromatic carbocycles. The Morgan fingerprint density at radius 2 is 1.74 bits per heavy atom. The minimum absolute atomic E-state index is 0.320. The molecule has 0 bridgehead atoms. The number of nitrogens with one attached hydrogen (secondary N) is 2. The predicted octanol–water partition coefficient (Wildman–Crippen LogP) is 4.95. The molecule has 8 nitrogen and oxygen atoms in total. The summed E-state index contributed by atoms with van der Waals surface area (Å²) in [5.74, 6) is 1.12. The molecule has 0 saturated heterocycles. The number of alkyl carbamates (subject to hydrolysis) is 1. The Balaban J connectivity index is 2.60. The van der Waals surface area contributed by atoms with Crippen LogP contribution in [-0.4, -0.2) is 41.0 Å². The van der Waals surface area contributed by atoms with E-state index in [4.69, 9.17) is 11.2 Å². The highest BCUT2D eigenvalue weighted by Crippen LogP contribution is 2.28. The standard InChI is InChI=1S/C30H36N4O4/c1-8-20(3)25(33-29(37)38-30(5,6)7)28(36)34(19-18-31)26(23-16-12-11-15-22(23)9-2)27(35)32-24-17-13-10-14-21(24)4/h2,10-17,20,25-26H,8,19H2,1,3-7H3,(H,32,35)(H,33,37). The number of carbonyl (C=O) groups is 3. The van der Waals surface area contributed by atoms with Gasteiger partial charge in [0.05, 0.1) is 6.07 Å². The average molecular weight is 517 g/mol. The molecular weight excluding hydrogens is 480 g/mol. The van der Waals surface area contributed by atoms with Crippen LogP contribution >= 0.6 is 0 Å². The second kappa shape index (κ2) is 13.3. The van der Waals surface area contributed by atoms with E-state index in [2.05, 4.69) is 16.6 Å². The van der Waals surface area contributed by atoms with Gasteiger partial charge in [-0.15, -0.1) is 6.42 Å². The van der Waals surface area contributed by atoms with Crippen molar-refractivity contribution in [2.45, 2.75) is 65.6 Å². The molecule has 3 amide bonds. The third-order valence-corrected chi connectivity index (χ3v) is 6.05. The van der Waals surface area contributed by atoms with E-state index < -0.39 is 42.1 Å². The zero-order valence-corrected chi connectivity index (χ0v) is 22.9. The highest BCUT2D eigenvalue weighted by molar-refractivity contribution is 5.99. The van der Waals surface area contributed by atoms with Crippen molar-refractivity contribution in [2.75, 3.05) is 11.9 Å². The average Bonchev–Trinajstić information content (AvgIpc) is 2.86. The smallest absolute Gasteiger partial charge is 0.408 e. The maximum atomic E-state index is 14.0. The van der Waals surface area contributed by atoms with Crippen LogP contribution in [0.25, 0.3) is 0 Å². The van der Waals surface area contributed by atoms with E-state index in [-0.39, 0.29) is 5.92 Å². The topological polar surface area (TPSA) is 112 Å². The fourth-order valence-corrected chi connectivity index (χ4v) is 3.90. The lowest BCUT2D eigenvalue weighted by molar-refractivity contribution is -0.141. The second-order valence-corrected chi connectivity index (χ2v) is 10.1. The van der Waals surface area contributed by atoms with Crippen molar-refractivity contribution in [1.82, 2.24) is 10.2 Å². The van der Waals surface area contributed by atoms with Gasteiger partial charge in [-0.2, -0.15) is 5.26 Å². The Labute approximate surface area is 225 Å². The second-order valence-electron chi connectivity index (χ2n) is 10.1. The molecule has 38 heavy (non-hydrogen) atoms. The van der Waals surface area contributed by atoms with Gasteiger partial charge in [0, 0.05) is 11.3 Å². The highest BCUT2D eigenvalue weighted by Gasteiger charge is 2.39. The largest absolute Gasteiger partial charge is 0.444 e. The van der Waals surface area contributed by atoms with Crippen LogP contribution in [0.2, 0.25) is 0 Å². The summed E-state index contributed by atoms with van der Waals surface area (Å²) < 4.78 is 5.38. The molecule has 0 aromatic heterocycles. The van der Waals surface area contributed by atoms with Crippen LogP contribution in [0, 0.1) is 36.5 Å². The first-order chi connectivity index (χ1) is 17.9. The van der Waals surface area contributed by atoms with E-state index in [0.29, 0.717) is 23.2 Å². The lowest BCUT2D eigenvalue weighted by Gasteiger charge is -2.35. The van der Waals surface area contributed by atoms with Crippen molar-refractivity contribution in [3.05, 3.63) is 65.2 Å². The lowest BCUT2D eigenvalue weighted by atomic mass is 9.94. The number of nitriles is 1. The third kappa shape index (κ3) is 7.85. The van der Waals surface area contributed by atoms with Crippen LogP contribution in [-0.2, 0) is 14.3 Å². The minimum Gasteiger partial charge on any atom is -0.444 e. The van der Waals surface area contributed by atoms with Crippen molar-refractivity contribution in [1.29, 1.82) is 5.26 Å². The molecule has 8 heteroatoms. The predicted molar refractivity (Wildman–Crippen MR) is 147 cm³/mol. The Morgan fingerprint density at radius 1 is 1.11 bits per heavy atom. The van der Waals surface area contributed by atoms with E-state index >= 15 is 0 Å². The first-order valence-corrected chi connectivity index (χ1v) is 12.5. The monoisotopic (exact) mass is 516 g/mol. The summed E-state index contributed by atoms with van der Waals surface area (Å²) in [6.45, 7) is 10.3. The molecule has 2 aromatic rings. The maximum absolute atomic E-state index is 14.0. The number of rotatable bonds is 9. The number of hydrogen-bond donors (Lipinski definition) is 2. The molecule has 2 rings (SSSR count). The van der Waals surface area contributed by atoms with Crippen LogP contribution < -0.4 is 10.6 Å². The first kappa shape index (κ1) is 29.9. The first-order valence-electron chi connectivity index (χ1n) is 12.5. The fourth-order valence-electron chi connectivity index (χ4n) is 3.90. The van der Waals surface area contributed by atoms with Crippen molar-refractivity contribution < 1.29 is 19.1 Å². The van der Waals surface area contributed by atoms with Gasteiger partial charge in [-0.3, -0.25) is 9.59 Å². The van der Waals surface area contributed by atoms with Crippen molar-refractivity contribution in [2.24, 2.45) is 5.92 Å². The molecule has 0 heterocycles. The number of carbonyl (C=O) groups excluding carboxylic acids is 3. The Hall–Kier alpha value is -4.30. The SMILES string of the molecule is C#Cc1ccccc1C(C(=O)Nc1ccccc1C)N(CC#N)C(=O)C(NC(=O)OC(C)(C)C)C(C)CC. The van der Waals surface area contributed by atoms with Gasteiger partial charge in [0.15, 0.2) is 0 Å². The van der Waals surface area contributed by atoms with Gasteiger partial charge in [-0.05, 0) is 56.9 Å². The van der Waals surface area contributed by atoms with Crippen molar-refractivity contribution in [3.8, 4) is 18.4 Å². The van der Waals surface area contributed by atoms with Crippen LogP contribution in [0.5, 0.6) is 0 Å². The molecule has 0 radical (unpaired) electrons. The van der Waals surface area contributed by atoms with Gasteiger partial charge in [0.1, 0.15) is 24.2 Å². The molecule has 200 valence electrons. The molecule has 3 atom stereocenters. The van der Waals surface area contributed by atoms with E-state index in [9.17, 15) is 19.6 Å². The number of para-hydroxylation sites is 1. The van der Waals surface area contributed by atoms with Gasteiger partial charge >= 0.3 is 6.09 Å². The number of aryl methyl sites for hydroxylation is 1. The summed E-state index contributed by atoms with van der Waals surface area (Å²) in [6.07, 6.45) is 5.53. The third-order valence-electron chi connectivity index (χ3n) is 6.05. The van der Waals surface area contributed by atoms with Gasteiger partial charge in [-0.25, -0.2) is 4.79 Å². The number of anilines is 1. The molecular formula is C30H36N4O4. The summed E-state index contributed by atoms with van der Waals surface area (Å²) in [5, 5.41) is 15.3.